The van der Waals surface area contributed by atoms with Gasteiger partial charge in [-0.1, -0.05) is 5.16 Å². The highest BCUT2D eigenvalue weighted by Crippen LogP contribution is 1.97. The van der Waals surface area contributed by atoms with Crippen molar-refractivity contribution >= 4 is 11.5 Å². The fourth-order valence-corrected chi connectivity index (χ4v) is 0.712. The Kier molecular flexibility index (Phi) is 2.06. The van der Waals surface area contributed by atoms with Gasteiger partial charge in [0.25, 0.3) is 0 Å². The molecule has 0 fully saturated rings. The van der Waals surface area contributed by atoms with Crippen molar-refractivity contribution in [1.82, 2.24) is 4.98 Å². The Labute approximate surface area is 63.5 Å². The van der Waals surface area contributed by atoms with Crippen LogP contribution < -0.4 is 0 Å². The summed E-state index contributed by atoms with van der Waals surface area (Å²) >= 11 is 0. The van der Waals surface area contributed by atoms with Crippen molar-refractivity contribution in [3.8, 4) is 0 Å². The topological polar surface area (TPSA) is 65.5 Å². The summed E-state index contributed by atoms with van der Waals surface area (Å²) in [6.07, 6.45) is 1.64. The Morgan fingerprint density at radius 3 is 2.91 bits per heavy atom. The molecule has 0 radical (unpaired) electrons. The summed E-state index contributed by atoms with van der Waals surface area (Å²) in [5.74, 6) is -0.294. The second-order valence-electron chi connectivity index (χ2n) is 2.10. The molecule has 0 saturated carbocycles. The van der Waals surface area contributed by atoms with E-state index in [9.17, 15) is 4.79 Å². The van der Waals surface area contributed by atoms with Gasteiger partial charge < -0.3 is 10.2 Å². The number of nitrogens with zero attached hydrogens (tertiary/aromatic N) is 1. The Bertz CT molecular complexity index is 275. The minimum atomic E-state index is -0.294. The van der Waals surface area contributed by atoms with Crippen molar-refractivity contribution in [2.24, 2.45) is 5.16 Å². The van der Waals surface area contributed by atoms with Gasteiger partial charge in [0.05, 0.1) is 5.69 Å². The molecule has 0 unspecified atom stereocenters. The number of carbonyl (C=O) groups is 1. The van der Waals surface area contributed by atoms with Crippen LogP contribution in [-0.4, -0.2) is 21.7 Å². The zero-order valence-corrected chi connectivity index (χ0v) is 6.03. The number of aromatic nitrogens is 1. The molecule has 0 amide bonds. The first kappa shape index (κ1) is 7.53. The predicted octanol–water partition coefficient (Wildman–Crippen LogP) is 1.05. The molecular formula is C7H8N2O2. The Morgan fingerprint density at radius 2 is 2.45 bits per heavy atom. The van der Waals surface area contributed by atoms with E-state index >= 15 is 0 Å². The van der Waals surface area contributed by atoms with Crippen molar-refractivity contribution in [1.29, 1.82) is 0 Å². The van der Waals surface area contributed by atoms with Crippen molar-refractivity contribution < 1.29 is 10.0 Å². The van der Waals surface area contributed by atoms with E-state index in [0.717, 1.165) is 0 Å². The predicted molar refractivity (Wildman–Crippen MR) is 40.0 cm³/mol. The maximum Gasteiger partial charge on any atom is 0.226 e. The zero-order chi connectivity index (χ0) is 8.27. The van der Waals surface area contributed by atoms with E-state index in [-0.39, 0.29) is 11.5 Å². The molecule has 1 aromatic rings. The average molecular weight is 152 g/mol. The van der Waals surface area contributed by atoms with Crippen LogP contribution in [0.2, 0.25) is 0 Å². The fourth-order valence-electron chi connectivity index (χ4n) is 0.712. The lowest BCUT2D eigenvalue weighted by Crippen LogP contribution is -2.10. The SMILES string of the molecule is CC(=NO)C(=O)c1ccc[nH]1. The van der Waals surface area contributed by atoms with Gasteiger partial charge in [-0.25, -0.2) is 0 Å². The standard InChI is InChI=1S/C7H8N2O2/c1-5(9-11)7(10)6-3-2-4-8-6/h2-4,8,11H,1H3. The van der Waals surface area contributed by atoms with Crippen molar-refractivity contribution in [3.05, 3.63) is 24.0 Å². The van der Waals surface area contributed by atoms with Crippen molar-refractivity contribution in [2.45, 2.75) is 6.92 Å². The highest BCUT2D eigenvalue weighted by atomic mass is 16.4. The molecule has 4 nitrogen and oxygen atoms in total. The second kappa shape index (κ2) is 3.01. The van der Waals surface area contributed by atoms with Gasteiger partial charge >= 0.3 is 0 Å². The minimum Gasteiger partial charge on any atom is -0.411 e. The van der Waals surface area contributed by atoms with Crippen LogP contribution in [0.3, 0.4) is 0 Å². The first-order chi connectivity index (χ1) is 5.25. The molecule has 0 atom stereocenters. The van der Waals surface area contributed by atoms with Gasteiger partial charge in [0.1, 0.15) is 5.71 Å². The van der Waals surface area contributed by atoms with Crippen LogP contribution in [0.4, 0.5) is 0 Å². The Hall–Kier alpha value is -1.58. The first-order valence-corrected chi connectivity index (χ1v) is 3.12. The molecule has 1 heterocycles. The van der Waals surface area contributed by atoms with Crippen LogP contribution in [0.1, 0.15) is 17.4 Å². The quantitative estimate of drug-likeness (QED) is 0.288. The summed E-state index contributed by atoms with van der Waals surface area (Å²) in [7, 11) is 0. The van der Waals surface area contributed by atoms with E-state index in [1.54, 1.807) is 18.3 Å². The molecule has 0 spiro atoms. The molecule has 0 bridgehead atoms. The molecule has 0 aliphatic heterocycles. The lowest BCUT2D eigenvalue weighted by Gasteiger charge is -1.92. The highest BCUT2D eigenvalue weighted by Gasteiger charge is 2.09. The molecule has 0 saturated heterocycles. The molecular weight excluding hydrogens is 144 g/mol. The largest absolute Gasteiger partial charge is 0.411 e. The maximum absolute atomic E-state index is 11.1. The van der Waals surface area contributed by atoms with Crippen molar-refractivity contribution in [3.63, 3.8) is 0 Å². The fraction of sp³-hybridized carbons (Fsp3) is 0.143. The number of aromatic amines is 1. The normalized spacial score (nSPS) is 11.5. The van der Waals surface area contributed by atoms with Crippen molar-refractivity contribution in [2.75, 3.05) is 0 Å². The van der Waals surface area contributed by atoms with Crippen LogP contribution >= 0.6 is 0 Å². The number of ketones is 1. The van der Waals surface area contributed by atoms with Gasteiger partial charge in [0.2, 0.25) is 5.78 Å². The molecule has 0 aliphatic rings. The van der Waals surface area contributed by atoms with E-state index in [4.69, 9.17) is 5.21 Å². The molecule has 4 heteroatoms. The van der Waals surface area contributed by atoms with Crippen LogP contribution in [0, 0.1) is 0 Å². The van der Waals surface area contributed by atoms with Crippen LogP contribution in [0.15, 0.2) is 23.5 Å². The van der Waals surface area contributed by atoms with E-state index in [0.29, 0.717) is 5.69 Å². The Balaban J connectivity index is 2.87. The maximum atomic E-state index is 11.1. The number of hydrogen-bond acceptors (Lipinski definition) is 3. The number of H-pyrrole nitrogens is 1. The third kappa shape index (κ3) is 1.46. The molecule has 58 valence electrons. The molecule has 0 aromatic carbocycles. The third-order valence-electron chi connectivity index (χ3n) is 1.32. The number of nitrogens with one attached hydrogen (secondary N) is 1. The van der Waals surface area contributed by atoms with Gasteiger partial charge in [-0.05, 0) is 19.1 Å². The smallest absolute Gasteiger partial charge is 0.226 e. The van der Waals surface area contributed by atoms with E-state index in [1.165, 1.54) is 6.92 Å². The summed E-state index contributed by atoms with van der Waals surface area (Å²) in [6, 6.07) is 3.33. The number of rotatable bonds is 2. The molecule has 0 aliphatic carbocycles. The summed E-state index contributed by atoms with van der Waals surface area (Å²) in [4.78, 5) is 13.8. The summed E-state index contributed by atoms with van der Waals surface area (Å²) in [5, 5.41) is 11.0. The first-order valence-electron chi connectivity index (χ1n) is 3.12. The van der Waals surface area contributed by atoms with Crippen LogP contribution in [-0.2, 0) is 0 Å². The summed E-state index contributed by atoms with van der Waals surface area (Å²) in [5.41, 5.74) is 0.507. The van der Waals surface area contributed by atoms with E-state index < -0.39 is 0 Å². The lowest BCUT2D eigenvalue weighted by atomic mass is 10.2. The monoisotopic (exact) mass is 152 g/mol. The average Bonchev–Trinajstić information content (AvgIpc) is 2.53. The van der Waals surface area contributed by atoms with Gasteiger partial charge in [-0.15, -0.1) is 0 Å². The van der Waals surface area contributed by atoms with Crippen LogP contribution in [0.25, 0.3) is 0 Å². The third-order valence-corrected chi connectivity index (χ3v) is 1.32. The highest BCUT2D eigenvalue weighted by molar-refractivity contribution is 6.44. The van der Waals surface area contributed by atoms with Crippen LogP contribution in [0.5, 0.6) is 0 Å². The zero-order valence-electron chi connectivity index (χ0n) is 6.03. The van der Waals surface area contributed by atoms with E-state index in [2.05, 4.69) is 10.1 Å². The Morgan fingerprint density at radius 1 is 1.73 bits per heavy atom. The summed E-state index contributed by atoms with van der Waals surface area (Å²) in [6.45, 7) is 1.45. The van der Waals surface area contributed by atoms with Gasteiger partial charge in [0, 0.05) is 6.20 Å². The number of carbonyl (C=O) groups excluding carboxylic acids is 1. The number of oxime groups is 1. The van der Waals surface area contributed by atoms with Gasteiger partial charge in [-0.2, -0.15) is 0 Å². The van der Waals surface area contributed by atoms with Gasteiger partial charge in [-0.3, -0.25) is 4.79 Å². The molecule has 2 N–H and O–H groups in total. The molecule has 11 heavy (non-hydrogen) atoms. The number of hydrogen-bond donors (Lipinski definition) is 2. The van der Waals surface area contributed by atoms with E-state index in [1.807, 2.05) is 0 Å². The summed E-state index contributed by atoms with van der Waals surface area (Å²) < 4.78 is 0. The second-order valence-corrected chi connectivity index (χ2v) is 2.10. The minimum absolute atomic E-state index is 0.0763. The lowest BCUT2D eigenvalue weighted by molar-refractivity contribution is 0.105. The molecule has 1 rings (SSSR count). The van der Waals surface area contributed by atoms with Gasteiger partial charge in [0.15, 0.2) is 0 Å². The molecule has 1 aromatic heterocycles. The number of Topliss-reactive ketones (excluding diaryl/α,β-unsaturated/α-hetero) is 1.